The monoisotopic (exact) mass is 257 g/mol. The van der Waals surface area contributed by atoms with Gasteiger partial charge in [-0.1, -0.05) is 0 Å². The lowest BCUT2D eigenvalue weighted by Gasteiger charge is -1.94. The molecule has 0 aromatic carbocycles. The Balaban J connectivity index is 1.99. The molecule has 0 spiro atoms. The van der Waals surface area contributed by atoms with Crippen LogP contribution in [0.5, 0.6) is 0 Å². The summed E-state index contributed by atoms with van der Waals surface area (Å²) >= 11 is 3.68. The van der Waals surface area contributed by atoms with Gasteiger partial charge >= 0.3 is 0 Å². The second kappa shape index (κ2) is 4.43. The summed E-state index contributed by atoms with van der Waals surface area (Å²) in [6.45, 7) is 2.14. The predicted octanol–water partition coefficient (Wildman–Crippen LogP) is 4.85. The highest BCUT2D eigenvalue weighted by molar-refractivity contribution is 7.23. The van der Waals surface area contributed by atoms with Crippen LogP contribution in [0.25, 0.3) is 20.2 Å². The molecule has 0 bridgehead atoms. The maximum absolute atomic E-state index is 4.05. The fourth-order valence-electron chi connectivity index (χ4n) is 1.71. The number of nitrogens with zero attached hydrogens (tertiary/aromatic N) is 1. The second-order valence-electron chi connectivity index (χ2n) is 3.81. The smallest absolute Gasteiger partial charge is 0.0449 e. The molecule has 0 aliphatic heterocycles. The van der Waals surface area contributed by atoms with Gasteiger partial charge in [0, 0.05) is 31.9 Å². The van der Waals surface area contributed by atoms with Crippen molar-refractivity contribution in [1.82, 2.24) is 4.98 Å². The fourth-order valence-corrected chi connectivity index (χ4v) is 3.68. The summed E-state index contributed by atoms with van der Waals surface area (Å²) in [6.07, 6.45) is 3.67. The highest BCUT2D eigenvalue weighted by Gasteiger charge is 2.06. The average molecular weight is 257 g/mol. The molecule has 0 saturated carbocycles. The zero-order valence-electron chi connectivity index (χ0n) is 9.38. The lowest BCUT2D eigenvalue weighted by atomic mass is 10.2. The third-order valence-electron chi connectivity index (χ3n) is 2.55. The summed E-state index contributed by atoms with van der Waals surface area (Å²) in [7, 11) is 0. The molecular formula is C14H11NS2. The van der Waals surface area contributed by atoms with Crippen LogP contribution in [0.1, 0.15) is 4.88 Å². The number of rotatable bonds is 2. The largest absolute Gasteiger partial charge is 0.265 e. The second-order valence-corrected chi connectivity index (χ2v) is 6.18. The minimum Gasteiger partial charge on any atom is -0.265 e. The van der Waals surface area contributed by atoms with Crippen LogP contribution in [0.2, 0.25) is 0 Å². The van der Waals surface area contributed by atoms with E-state index in [0.717, 1.165) is 0 Å². The van der Waals surface area contributed by atoms with Crippen LogP contribution in [-0.2, 0) is 0 Å². The van der Waals surface area contributed by atoms with Crippen molar-refractivity contribution >= 4 is 22.7 Å². The molecule has 0 aliphatic carbocycles. The fraction of sp³-hybridized carbons (Fsp3) is 0.0714. The molecule has 0 atom stereocenters. The van der Waals surface area contributed by atoms with E-state index in [1.54, 1.807) is 0 Å². The number of hydrogen-bond acceptors (Lipinski definition) is 3. The van der Waals surface area contributed by atoms with Gasteiger partial charge in [-0.15, -0.1) is 22.7 Å². The van der Waals surface area contributed by atoms with E-state index in [1.807, 2.05) is 35.1 Å². The lowest BCUT2D eigenvalue weighted by Crippen LogP contribution is -1.71. The van der Waals surface area contributed by atoms with Gasteiger partial charge in [-0.25, -0.2) is 0 Å². The summed E-state index contributed by atoms with van der Waals surface area (Å²) < 4.78 is 0. The summed E-state index contributed by atoms with van der Waals surface area (Å²) in [5.74, 6) is 0. The molecule has 3 heterocycles. The molecule has 0 unspecified atom stereocenters. The molecule has 0 N–H and O–H groups in total. The summed E-state index contributed by atoms with van der Waals surface area (Å²) in [6, 6.07) is 12.9. The predicted molar refractivity (Wildman–Crippen MR) is 75.6 cm³/mol. The zero-order chi connectivity index (χ0) is 11.7. The molecule has 1 nitrogen and oxygen atoms in total. The van der Waals surface area contributed by atoms with Gasteiger partial charge in [0.2, 0.25) is 0 Å². The van der Waals surface area contributed by atoms with Crippen LogP contribution >= 0.6 is 22.7 Å². The van der Waals surface area contributed by atoms with E-state index in [0.29, 0.717) is 0 Å². The number of thiophene rings is 2. The molecule has 0 aliphatic rings. The number of aromatic nitrogens is 1. The first-order valence-corrected chi connectivity index (χ1v) is 7.03. The van der Waals surface area contributed by atoms with Crippen LogP contribution in [0.4, 0.5) is 0 Å². The van der Waals surface area contributed by atoms with Crippen molar-refractivity contribution in [3.8, 4) is 20.2 Å². The molecule has 0 saturated heterocycles. The Labute approximate surface area is 108 Å². The molecule has 17 heavy (non-hydrogen) atoms. The first-order valence-electron chi connectivity index (χ1n) is 5.40. The van der Waals surface area contributed by atoms with Crippen molar-refractivity contribution in [2.75, 3.05) is 0 Å². The summed E-state index contributed by atoms with van der Waals surface area (Å²) in [5.41, 5.74) is 1.24. The van der Waals surface area contributed by atoms with Crippen molar-refractivity contribution < 1.29 is 0 Å². The van der Waals surface area contributed by atoms with Crippen molar-refractivity contribution in [3.63, 3.8) is 0 Å². The molecule has 0 fully saturated rings. The van der Waals surface area contributed by atoms with E-state index >= 15 is 0 Å². The third-order valence-corrected chi connectivity index (χ3v) is 4.88. The minimum atomic E-state index is 1.24. The van der Waals surface area contributed by atoms with Gasteiger partial charge in [0.15, 0.2) is 0 Å². The number of pyridine rings is 1. The summed E-state index contributed by atoms with van der Waals surface area (Å²) in [5, 5.41) is 0. The normalized spacial score (nSPS) is 10.6. The van der Waals surface area contributed by atoms with Gasteiger partial charge in [0.1, 0.15) is 0 Å². The van der Waals surface area contributed by atoms with Gasteiger partial charge in [-0.3, -0.25) is 4.98 Å². The quantitative estimate of drug-likeness (QED) is 0.639. The molecular weight excluding hydrogens is 246 g/mol. The SMILES string of the molecule is Cc1ccc(-c2ccc(-c3ccncc3)s2)s1. The molecule has 3 aromatic rings. The van der Waals surface area contributed by atoms with E-state index in [9.17, 15) is 0 Å². The van der Waals surface area contributed by atoms with Gasteiger partial charge in [0.25, 0.3) is 0 Å². The first-order chi connectivity index (χ1) is 8.33. The Morgan fingerprint density at radius 3 is 2.12 bits per heavy atom. The van der Waals surface area contributed by atoms with Gasteiger partial charge in [0.05, 0.1) is 0 Å². The molecule has 84 valence electrons. The lowest BCUT2D eigenvalue weighted by molar-refractivity contribution is 1.33. The summed E-state index contributed by atoms with van der Waals surface area (Å²) in [4.78, 5) is 9.40. The maximum Gasteiger partial charge on any atom is 0.0449 e. The van der Waals surface area contributed by atoms with Crippen LogP contribution in [-0.4, -0.2) is 4.98 Å². The Morgan fingerprint density at radius 1 is 0.765 bits per heavy atom. The molecule has 3 rings (SSSR count). The molecule has 0 radical (unpaired) electrons. The highest BCUT2D eigenvalue weighted by Crippen LogP contribution is 2.37. The van der Waals surface area contributed by atoms with E-state index in [-0.39, 0.29) is 0 Å². The van der Waals surface area contributed by atoms with Gasteiger partial charge in [-0.2, -0.15) is 0 Å². The molecule has 3 heteroatoms. The maximum atomic E-state index is 4.05. The van der Waals surface area contributed by atoms with Crippen LogP contribution in [0.3, 0.4) is 0 Å². The Morgan fingerprint density at radius 2 is 1.41 bits per heavy atom. The van der Waals surface area contributed by atoms with E-state index in [4.69, 9.17) is 0 Å². The van der Waals surface area contributed by atoms with Crippen LogP contribution in [0.15, 0.2) is 48.8 Å². The van der Waals surface area contributed by atoms with Crippen LogP contribution < -0.4 is 0 Å². The Bertz CT molecular complexity index is 622. The topological polar surface area (TPSA) is 12.9 Å². The van der Waals surface area contributed by atoms with Crippen molar-refractivity contribution in [1.29, 1.82) is 0 Å². The Hall–Kier alpha value is -1.45. The minimum absolute atomic E-state index is 1.24. The molecule has 0 amide bonds. The number of aryl methyl sites for hydroxylation is 1. The number of hydrogen-bond donors (Lipinski definition) is 0. The van der Waals surface area contributed by atoms with E-state index in [1.165, 1.54) is 25.1 Å². The van der Waals surface area contributed by atoms with Crippen molar-refractivity contribution in [3.05, 3.63) is 53.7 Å². The highest BCUT2D eigenvalue weighted by atomic mass is 32.1. The average Bonchev–Trinajstić information content (AvgIpc) is 2.98. The zero-order valence-corrected chi connectivity index (χ0v) is 11.0. The standard InChI is InChI=1S/C14H11NS2/c1-10-2-3-13(16-10)14-5-4-12(17-14)11-6-8-15-9-7-11/h2-9H,1H3. The van der Waals surface area contributed by atoms with Gasteiger partial charge in [-0.05, 0) is 48.9 Å². The van der Waals surface area contributed by atoms with E-state index in [2.05, 4.69) is 48.3 Å². The van der Waals surface area contributed by atoms with Crippen molar-refractivity contribution in [2.45, 2.75) is 6.92 Å². The Kier molecular flexibility index (Phi) is 2.79. The van der Waals surface area contributed by atoms with E-state index < -0.39 is 0 Å². The first kappa shape index (κ1) is 10.7. The molecule has 3 aromatic heterocycles. The third kappa shape index (κ3) is 2.16. The van der Waals surface area contributed by atoms with Crippen LogP contribution in [0, 0.1) is 6.92 Å². The van der Waals surface area contributed by atoms with Gasteiger partial charge < -0.3 is 0 Å². The van der Waals surface area contributed by atoms with Crippen molar-refractivity contribution in [2.24, 2.45) is 0 Å².